The number of ketones is 1. The van der Waals surface area contributed by atoms with Crippen molar-refractivity contribution in [2.24, 2.45) is 0 Å². The summed E-state index contributed by atoms with van der Waals surface area (Å²) < 4.78 is 1.01. The van der Waals surface area contributed by atoms with Gasteiger partial charge in [-0.3, -0.25) is 9.59 Å². The first-order valence-electron chi connectivity index (χ1n) is 13.2. The third-order valence-corrected chi connectivity index (χ3v) is 10.0. The first kappa shape index (κ1) is 32.6. The summed E-state index contributed by atoms with van der Waals surface area (Å²) in [7, 11) is 0. The van der Waals surface area contributed by atoms with E-state index in [0.717, 1.165) is 4.78 Å². The summed E-state index contributed by atoms with van der Waals surface area (Å²) in [6.07, 6.45) is 24.4. The number of unbranched alkanes of at least 4 members (excludes halogenated alkanes) is 12. The summed E-state index contributed by atoms with van der Waals surface area (Å²) >= 11 is -0.388. The smallest absolute Gasteiger partial charge is 0.310 e. The Labute approximate surface area is 198 Å². The lowest BCUT2D eigenvalue weighted by molar-refractivity contribution is -0.139. The molecule has 3 nitrogen and oxygen atoms in total. The van der Waals surface area contributed by atoms with Crippen LogP contribution in [0.4, 0.5) is 0 Å². The van der Waals surface area contributed by atoms with Gasteiger partial charge in [0.1, 0.15) is 12.2 Å². The fraction of sp³-hybridized carbons (Fsp3) is 0.852. The molecule has 0 aliphatic rings. The van der Waals surface area contributed by atoms with Gasteiger partial charge in [0.15, 0.2) is 0 Å². The van der Waals surface area contributed by atoms with E-state index in [2.05, 4.69) is 39.8 Å². The molecule has 0 rings (SSSR count). The molecule has 0 aliphatic carbocycles. The van der Waals surface area contributed by atoms with E-state index in [0.29, 0.717) is 0 Å². The molecule has 0 aliphatic heterocycles. The Morgan fingerprint density at radius 2 is 1.23 bits per heavy atom. The van der Waals surface area contributed by atoms with Crippen molar-refractivity contribution in [3.8, 4) is 0 Å². The van der Waals surface area contributed by atoms with Crippen LogP contribution >= 0.6 is 0 Å². The number of carboxylic acid groups (broad SMARTS) is 1. The Balaban J connectivity index is 0. The van der Waals surface area contributed by atoms with Crippen LogP contribution < -0.4 is 0 Å². The average molecular weight is 453 g/mol. The number of allylic oxidation sites excluding steroid dienone is 2. The molecule has 0 radical (unpaired) electrons. The van der Waals surface area contributed by atoms with Gasteiger partial charge >= 0.3 is 5.97 Å². The summed E-state index contributed by atoms with van der Waals surface area (Å²) in [5.74, 6) is -1.37. The van der Waals surface area contributed by atoms with E-state index in [-0.39, 0.29) is 26.4 Å². The van der Waals surface area contributed by atoms with Gasteiger partial charge in [0.05, 0.1) is 0 Å². The fourth-order valence-corrected chi connectivity index (χ4v) is 6.71. The quantitative estimate of drug-likeness (QED) is 0.0867. The molecule has 0 saturated heterocycles. The van der Waals surface area contributed by atoms with Gasteiger partial charge in [-0.25, -0.2) is 0 Å². The molecule has 0 fully saturated rings. The van der Waals surface area contributed by atoms with Crippen LogP contribution in [0.3, 0.4) is 0 Å². The maximum atomic E-state index is 9.87. The standard InChI is InChI=1S/C18H35.C4H6O3.C3H7.C2H5.Al/c1-3-5-7-9-11-13-15-17-18-16-14-12-10-8-6-4-2;1-3(5)2-4(6)7;1-3-2;1-2;/h17-18H,1,3-16H2,2H3;2H2,1H3,(H,6,7);3H,1-2H3;1H2,2H3;/b18-17-;;;;. The Bertz CT molecular complexity index is 420. The fourth-order valence-electron chi connectivity index (χ4n) is 3.88. The highest BCUT2D eigenvalue weighted by molar-refractivity contribution is 6.60. The van der Waals surface area contributed by atoms with Gasteiger partial charge in [-0.15, -0.1) is 0 Å². The number of rotatable bonds is 20. The van der Waals surface area contributed by atoms with E-state index in [1.165, 1.54) is 102 Å². The van der Waals surface area contributed by atoms with E-state index in [1.54, 1.807) is 5.28 Å². The van der Waals surface area contributed by atoms with Gasteiger partial charge in [0, 0.05) is 0 Å². The molecular formula is C27H53AlO3. The van der Waals surface area contributed by atoms with Crippen LogP contribution in [-0.2, 0) is 9.59 Å². The molecule has 0 bridgehead atoms. The number of carbonyl (C=O) groups is 2. The average Bonchev–Trinajstić information content (AvgIpc) is 2.69. The van der Waals surface area contributed by atoms with E-state index < -0.39 is 5.97 Å². The van der Waals surface area contributed by atoms with Crippen molar-refractivity contribution < 1.29 is 14.7 Å². The summed E-state index contributed by atoms with van der Waals surface area (Å²) in [5.41, 5.74) is 0. The molecule has 0 unspecified atom stereocenters. The van der Waals surface area contributed by atoms with Gasteiger partial charge in [-0.1, -0.05) is 119 Å². The Morgan fingerprint density at radius 3 is 1.58 bits per heavy atom. The lowest BCUT2D eigenvalue weighted by Gasteiger charge is -2.12. The second-order valence-corrected chi connectivity index (χ2v) is 13.7. The number of aliphatic carboxylic acids is 1. The Hall–Kier alpha value is -0.588. The van der Waals surface area contributed by atoms with Crippen molar-refractivity contribution in [3.63, 3.8) is 0 Å². The molecule has 0 spiro atoms. The molecule has 0 aromatic rings. The molecule has 182 valence electrons. The molecule has 0 saturated carbocycles. The Kier molecular flexibility index (Phi) is 27.0. The van der Waals surface area contributed by atoms with Crippen molar-refractivity contribution in [1.29, 1.82) is 0 Å². The van der Waals surface area contributed by atoms with E-state index in [1.807, 2.05) is 0 Å². The normalized spacial score (nSPS) is 10.9. The van der Waals surface area contributed by atoms with Crippen LogP contribution in [0.5, 0.6) is 0 Å². The van der Waals surface area contributed by atoms with Gasteiger partial charge in [-0.2, -0.15) is 0 Å². The second-order valence-electron chi connectivity index (χ2n) is 9.41. The third kappa shape index (κ3) is 29.4. The minimum Gasteiger partial charge on any atom is -0.481 e. The molecule has 0 amide bonds. The van der Waals surface area contributed by atoms with E-state index in [9.17, 15) is 9.59 Å². The largest absolute Gasteiger partial charge is 0.481 e. The van der Waals surface area contributed by atoms with Gasteiger partial charge in [0.2, 0.25) is 0 Å². The first-order chi connectivity index (χ1) is 14.8. The van der Waals surface area contributed by atoms with Crippen LogP contribution in [0, 0.1) is 0 Å². The highest BCUT2D eigenvalue weighted by Crippen LogP contribution is 2.19. The summed E-state index contributed by atoms with van der Waals surface area (Å²) in [6, 6.07) is 0. The molecule has 0 aromatic heterocycles. The zero-order valence-corrected chi connectivity index (χ0v) is 22.7. The number of Topliss-reactive ketones (excluding diaryl/α,β-unsaturated/α-hetero) is 1. The van der Waals surface area contributed by atoms with Crippen LogP contribution in [0.15, 0.2) is 12.2 Å². The topological polar surface area (TPSA) is 54.4 Å². The summed E-state index contributed by atoms with van der Waals surface area (Å²) in [6.45, 7) is 10.8. The molecule has 4 heteroatoms. The van der Waals surface area contributed by atoms with Crippen molar-refractivity contribution >= 4 is 25.9 Å². The first-order valence-corrected chi connectivity index (χ1v) is 15.5. The van der Waals surface area contributed by atoms with Crippen molar-refractivity contribution in [2.75, 3.05) is 0 Å². The summed E-state index contributed by atoms with van der Waals surface area (Å²) in [4.78, 5) is 19.5. The van der Waals surface area contributed by atoms with Crippen molar-refractivity contribution in [3.05, 3.63) is 12.2 Å². The summed E-state index contributed by atoms with van der Waals surface area (Å²) in [5, 5.41) is 11.0. The minimum atomic E-state index is -1.06. The highest BCUT2D eigenvalue weighted by Gasteiger charge is 2.17. The van der Waals surface area contributed by atoms with E-state index in [4.69, 9.17) is 5.11 Å². The lowest BCUT2D eigenvalue weighted by atomic mass is 10.1. The minimum absolute atomic E-state index is 0.312. The maximum Gasteiger partial charge on any atom is 0.310 e. The number of carbonyl (C=O) groups excluding carboxylic acids is 1. The molecular weight excluding hydrogens is 399 g/mol. The molecule has 1 N–H and O–H groups in total. The van der Waals surface area contributed by atoms with Crippen LogP contribution in [0.2, 0.25) is 15.3 Å². The van der Waals surface area contributed by atoms with Gasteiger partial charge in [-0.05, 0) is 32.6 Å². The SMILES string of the molecule is CC(=O)CC(=O)O.CCCCCCCC/C=C\CCCCCCC[CH2][Al]([CH2]C)[CH](C)C. The number of carboxylic acids is 1. The van der Waals surface area contributed by atoms with Gasteiger partial charge in [0.25, 0.3) is 14.1 Å². The zero-order valence-electron chi connectivity index (χ0n) is 21.6. The predicted molar refractivity (Wildman–Crippen MR) is 139 cm³/mol. The van der Waals surface area contributed by atoms with Crippen LogP contribution in [0.25, 0.3) is 0 Å². The predicted octanol–water partition coefficient (Wildman–Crippen LogP) is 9.00. The van der Waals surface area contributed by atoms with Crippen LogP contribution in [-0.4, -0.2) is 31.0 Å². The number of hydrogen-bond donors (Lipinski definition) is 1. The maximum absolute atomic E-state index is 9.87. The second kappa shape index (κ2) is 25.7. The van der Waals surface area contributed by atoms with Crippen molar-refractivity contribution in [1.82, 2.24) is 0 Å². The lowest BCUT2D eigenvalue weighted by Crippen LogP contribution is -2.14. The van der Waals surface area contributed by atoms with Gasteiger partial charge < -0.3 is 5.11 Å². The highest BCUT2D eigenvalue weighted by atomic mass is 27.2. The Morgan fingerprint density at radius 1 is 0.774 bits per heavy atom. The molecule has 31 heavy (non-hydrogen) atoms. The number of hydrogen-bond acceptors (Lipinski definition) is 2. The van der Waals surface area contributed by atoms with Crippen molar-refractivity contribution in [2.45, 2.75) is 146 Å². The zero-order chi connectivity index (χ0) is 23.7. The van der Waals surface area contributed by atoms with E-state index >= 15 is 0 Å². The van der Waals surface area contributed by atoms with Crippen LogP contribution in [0.1, 0.15) is 131 Å². The third-order valence-electron chi connectivity index (χ3n) is 5.95. The molecule has 0 heterocycles. The molecule has 0 atom stereocenters. The molecule has 0 aromatic carbocycles. The monoisotopic (exact) mass is 452 g/mol.